The van der Waals surface area contributed by atoms with E-state index in [-0.39, 0.29) is 24.9 Å². The number of rotatable bonds is 8. The van der Waals surface area contributed by atoms with E-state index in [9.17, 15) is 9.59 Å². The number of methoxy groups -OCH3 is 3. The van der Waals surface area contributed by atoms with Crippen LogP contribution in [0.1, 0.15) is 21.5 Å². The third kappa shape index (κ3) is 5.13. The fourth-order valence-electron chi connectivity index (χ4n) is 2.57. The molecule has 0 heterocycles. The Kier molecular flexibility index (Phi) is 7.05. The second-order valence-corrected chi connectivity index (χ2v) is 5.79. The quantitative estimate of drug-likeness (QED) is 0.741. The van der Waals surface area contributed by atoms with Gasteiger partial charge in [-0.1, -0.05) is 18.2 Å². The molecule has 0 radical (unpaired) electrons. The lowest BCUT2D eigenvalue weighted by atomic mass is 10.1. The first-order valence-corrected chi connectivity index (χ1v) is 8.39. The highest BCUT2D eigenvalue weighted by Crippen LogP contribution is 2.34. The molecule has 0 unspecified atom stereocenters. The number of hydrogen-bond acceptors (Lipinski definition) is 5. The maximum Gasteiger partial charge on any atom is 0.251 e. The predicted molar refractivity (Wildman–Crippen MR) is 101 cm³/mol. The van der Waals surface area contributed by atoms with Crippen molar-refractivity contribution >= 4 is 11.8 Å². The van der Waals surface area contributed by atoms with Gasteiger partial charge in [-0.2, -0.15) is 0 Å². The molecule has 2 aromatic rings. The summed E-state index contributed by atoms with van der Waals surface area (Å²) in [5.74, 6) is 1.04. The highest BCUT2D eigenvalue weighted by atomic mass is 16.5. The third-order valence-corrected chi connectivity index (χ3v) is 4.06. The highest BCUT2D eigenvalue weighted by molar-refractivity contribution is 5.97. The molecule has 2 aromatic carbocycles. The van der Waals surface area contributed by atoms with Crippen molar-refractivity contribution in [1.82, 2.24) is 10.6 Å². The van der Waals surface area contributed by atoms with Gasteiger partial charge in [-0.25, -0.2) is 0 Å². The average Bonchev–Trinajstić information content (AvgIpc) is 2.69. The highest BCUT2D eigenvalue weighted by Gasteiger charge is 2.14. The number of amides is 2. The molecule has 0 saturated carbocycles. The van der Waals surface area contributed by atoms with Crippen LogP contribution in [-0.4, -0.2) is 39.7 Å². The second kappa shape index (κ2) is 9.47. The molecule has 7 nitrogen and oxygen atoms in total. The van der Waals surface area contributed by atoms with E-state index in [1.165, 1.54) is 21.3 Å². The summed E-state index contributed by atoms with van der Waals surface area (Å²) in [5.41, 5.74) is 2.13. The zero-order valence-corrected chi connectivity index (χ0v) is 15.9. The van der Waals surface area contributed by atoms with Gasteiger partial charge < -0.3 is 24.8 Å². The van der Waals surface area contributed by atoms with Crippen molar-refractivity contribution in [1.29, 1.82) is 0 Å². The number of benzene rings is 2. The van der Waals surface area contributed by atoms with Gasteiger partial charge in [-0.15, -0.1) is 0 Å². The van der Waals surface area contributed by atoms with Crippen LogP contribution in [0.5, 0.6) is 17.2 Å². The number of aryl methyl sites for hydroxylation is 1. The van der Waals surface area contributed by atoms with Crippen LogP contribution in [0.25, 0.3) is 0 Å². The Morgan fingerprint density at radius 2 is 1.52 bits per heavy atom. The summed E-state index contributed by atoms with van der Waals surface area (Å²) in [7, 11) is 4.61. The summed E-state index contributed by atoms with van der Waals surface area (Å²) < 4.78 is 15.8. The summed E-state index contributed by atoms with van der Waals surface area (Å²) in [6.07, 6.45) is 0. The number of carbonyl (C=O) groups excluding carboxylic acids is 2. The summed E-state index contributed by atoms with van der Waals surface area (Å²) in [4.78, 5) is 24.2. The SMILES string of the molecule is COc1cc(OC)c(OC)cc1CNC(=O)CNC(=O)c1ccccc1C. The smallest absolute Gasteiger partial charge is 0.251 e. The van der Waals surface area contributed by atoms with Crippen LogP contribution in [0.2, 0.25) is 0 Å². The van der Waals surface area contributed by atoms with Crippen molar-refractivity contribution in [2.45, 2.75) is 13.5 Å². The Morgan fingerprint density at radius 3 is 2.15 bits per heavy atom. The lowest BCUT2D eigenvalue weighted by Gasteiger charge is -2.15. The van der Waals surface area contributed by atoms with Crippen LogP contribution in [0.4, 0.5) is 0 Å². The van der Waals surface area contributed by atoms with Gasteiger partial charge in [-0.3, -0.25) is 9.59 Å². The van der Waals surface area contributed by atoms with Crippen molar-refractivity contribution in [2.75, 3.05) is 27.9 Å². The van der Waals surface area contributed by atoms with Gasteiger partial charge >= 0.3 is 0 Å². The van der Waals surface area contributed by atoms with E-state index in [4.69, 9.17) is 14.2 Å². The molecule has 0 spiro atoms. The van der Waals surface area contributed by atoms with E-state index in [1.54, 1.807) is 24.3 Å². The summed E-state index contributed by atoms with van der Waals surface area (Å²) in [5, 5.41) is 5.37. The maximum atomic E-state index is 12.2. The Balaban J connectivity index is 1.95. The van der Waals surface area contributed by atoms with Gasteiger partial charge in [0.1, 0.15) is 5.75 Å². The lowest BCUT2D eigenvalue weighted by Crippen LogP contribution is -2.36. The summed E-state index contributed by atoms with van der Waals surface area (Å²) in [6, 6.07) is 10.6. The van der Waals surface area contributed by atoms with Crippen LogP contribution in [0.15, 0.2) is 36.4 Å². The largest absolute Gasteiger partial charge is 0.496 e. The Bertz CT molecular complexity index is 820. The molecular formula is C20H24N2O5. The van der Waals surface area contributed by atoms with Gasteiger partial charge in [-0.05, 0) is 24.6 Å². The van der Waals surface area contributed by atoms with E-state index >= 15 is 0 Å². The number of hydrogen-bond donors (Lipinski definition) is 2. The molecule has 0 saturated heterocycles. The molecule has 2 amide bonds. The molecule has 0 aromatic heterocycles. The average molecular weight is 372 g/mol. The minimum atomic E-state index is -0.311. The van der Waals surface area contributed by atoms with Crippen LogP contribution < -0.4 is 24.8 Å². The summed E-state index contributed by atoms with van der Waals surface area (Å²) >= 11 is 0. The van der Waals surface area contributed by atoms with Crippen LogP contribution in [0, 0.1) is 6.92 Å². The molecule has 0 aliphatic rings. The Hall–Kier alpha value is -3.22. The Labute approximate surface area is 158 Å². The van der Waals surface area contributed by atoms with E-state index in [1.807, 2.05) is 19.1 Å². The zero-order chi connectivity index (χ0) is 19.8. The van der Waals surface area contributed by atoms with Crippen molar-refractivity contribution < 1.29 is 23.8 Å². The fourth-order valence-corrected chi connectivity index (χ4v) is 2.57. The molecular weight excluding hydrogens is 348 g/mol. The molecule has 0 aliphatic carbocycles. The molecule has 144 valence electrons. The van der Waals surface area contributed by atoms with Gasteiger partial charge in [0.2, 0.25) is 5.91 Å². The van der Waals surface area contributed by atoms with Gasteiger partial charge in [0.25, 0.3) is 5.91 Å². The standard InChI is InChI=1S/C20H24N2O5/c1-13-7-5-6-8-15(13)20(24)22-12-19(23)21-11-14-9-17(26-3)18(27-4)10-16(14)25-2/h5-10H,11-12H2,1-4H3,(H,21,23)(H,22,24). The van der Waals surface area contributed by atoms with Gasteiger partial charge in [0, 0.05) is 23.7 Å². The topological polar surface area (TPSA) is 85.9 Å². The van der Waals surface area contributed by atoms with Crippen LogP contribution in [-0.2, 0) is 11.3 Å². The molecule has 2 N–H and O–H groups in total. The van der Waals surface area contributed by atoms with Crippen LogP contribution in [0.3, 0.4) is 0 Å². The first kappa shape index (κ1) is 20.1. The minimum Gasteiger partial charge on any atom is -0.496 e. The van der Waals surface area contributed by atoms with Crippen molar-refractivity contribution in [3.8, 4) is 17.2 Å². The number of nitrogens with one attached hydrogen (secondary N) is 2. The van der Waals surface area contributed by atoms with Crippen molar-refractivity contribution in [3.63, 3.8) is 0 Å². The summed E-state index contributed by atoms with van der Waals surface area (Å²) in [6.45, 7) is 1.95. The van der Waals surface area contributed by atoms with Crippen molar-refractivity contribution in [3.05, 3.63) is 53.1 Å². The fraction of sp³-hybridized carbons (Fsp3) is 0.300. The molecule has 0 bridgehead atoms. The van der Waals surface area contributed by atoms with E-state index in [0.717, 1.165) is 11.1 Å². The normalized spacial score (nSPS) is 10.1. The van der Waals surface area contributed by atoms with E-state index in [2.05, 4.69) is 10.6 Å². The predicted octanol–water partition coefficient (Wildman–Crippen LogP) is 2.07. The zero-order valence-electron chi connectivity index (χ0n) is 15.9. The number of carbonyl (C=O) groups is 2. The van der Waals surface area contributed by atoms with Crippen LogP contribution >= 0.6 is 0 Å². The first-order chi connectivity index (χ1) is 13.0. The van der Waals surface area contributed by atoms with Gasteiger partial charge in [0.15, 0.2) is 11.5 Å². The molecule has 7 heteroatoms. The molecule has 0 aliphatic heterocycles. The third-order valence-electron chi connectivity index (χ3n) is 4.06. The minimum absolute atomic E-state index is 0.122. The maximum absolute atomic E-state index is 12.2. The number of ether oxygens (including phenoxy) is 3. The van der Waals surface area contributed by atoms with Gasteiger partial charge in [0.05, 0.1) is 27.9 Å². The molecule has 2 rings (SSSR count). The molecule has 0 fully saturated rings. The molecule has 27 heavy (non-hydrogen) atoms. The Morgan fingerprint density at radius 1 is 0.889 bits per heavy atom. The molecule has 0 atom stereocenters. The monoisotopic (exact) mass is 372 g/mol. The lowest BCUT2D eigenvalue weighted by molar-refractivity contribution is -0.120. The van der Waals surface area contributed by atoms with E-state index < -0.39 is 0 Å². The first-order valence-electron chi connectivity index (χ1n) is 8.39. The van der Waals surface area contributed by atoms with Crippen molar-refractivity contribution in [2.24, 2.45) is 0 Å². The van der Waals surface area contributed by atoms with E-state index in [0.29, 0.717) is 22.8 Å². The second-order valence-electron chi connectivity index (χ2n) is 5.79.